The summed E-state index contributed by atoms with van der Waals surface area (Å²) in [5.41, 5.74) is 2.03. The van der Waals surface area contributed by atoms with Crippen LogP contribution in [0.2, 0.25) is 5.02 Å². The third-order valence-electron chi connectivity index (χ3n) is 5.76. The van der Waals surface area contributed by atoms with Crippen LogP contribution >= 0.6 is 11.6 Å². The van der Waals surface area contributed by atoms with Gasteiger partial charge >= 0.3 is 0 Å². The van der Waals surface area contributed by atoms with Crippen LogP contribution in [0.5, 0.6) is 0 Å². The van der Waals surface area contributed by atoms with Crippen LogP contribution in [-0.2, 0) is 6.54 Å². The van der Waals surface area contributed by atoms with E-state index in [1.807, 2.05) is 12.1 Å². The molecular formula is C22H25ClN2O. The molecule has 1 N–H and O–H groups in total. The van der Waals surface area contributed by atoms with E-state index in [-0.39, 0.29) is 11.9 Å². The Bertz CT molecular complexity index is 750. The highest BCUT2D eigenvalue weighted by Crippen LogP contribution is 2.35. The number of nitrogens with one attached hydrogen (secondary N) is 1. The largest absolute Gasteiger partial charge is 0.349 e. The number of carbonyl (C=O) groups excluding carboxylic acids is 1. The second-order valence-electron chi connectivity index (χ2n) is 7.55. The molecule has 2 unspecified atom stereocenters. The monoisotopic (exact) mass is 368 g/mol. The molecule has 1 amide bonds. The first-order valence-electron chi connectivity index (χ1n) is 9.55. The van der Waals surface area contributed by atoms with Gasteiger partial charge < -0.3 is 5.32 Å². The average molecular weight is 369 g/mol. The van der Waals surface area contributed by atoms with Crippen molar-refractivity contribution in [2.45, 2.75) is 56.8 Å². The fraction of sp³-hybridized carbons (Fsp3) is 0.409. The second-order valence-corrected chi connectivity index (χ2v) is 7.99. The summed E-state index contributed by atoms with van der Waals surface area (Å²) in [5, 5.41) is 3.86. The SMILES string of the molecule is O=C(NC1CC2CCCC(C1)N2Cc1ccccc1)c1cccc(Cl)c1. The summed E-state index contributed by atoms with van der Waals surface area (Å²) in [5.74, 6) is -0.00733. The van der Waals surface area contributed by atoms with Crippen molar-refractivity contribution in [3.63, 3.8) is 0 Å². The van der Waals surface area contributed by atoms with E-state index in [9.17, 15) is 4.79 Å². The van der Waals surface area contributed by atoms with E-state index in [0.717, 1.165) is 19.4 Å². The van der Waals surface area contributed by atoms with E-state index in [1.165, 1.54) is 24.8 Å². The standard InChI is InChI=1S/C22H25ClN2O/c23-18-9-4-8-17(12-18)22(26)24-19-13-20-10-5-11-21(14-19)25(20)15-16-6-2-1-3-7-16/h1-4,6-9,12,19-21H,5,10-11,13-15H2,(H,24,26). The van der Waals surface area contributed by atoms with Crippen LogP contribution in [0.3, 0.4) is 0 Å². The first-order chi connectivity index (χ1) is 12.7. The van der Waals surface area contributed by atoms with Crippen molar-refractivity contribution in [2.75, 3.05) is 0 Å². The Hall–Kier alpha value is -1.84. The number of fused-ring (bicyclic) bond motifs is 2. The number of amides is 1. The Kier molecular flexibility index (Phi) is 5.28. The van der Waals surface area contributed by atoms with Crippen LogP contribution < -0.4 is 5.32 Å². The van der Waals surface area contributed by atoms with Crippen LogP contribution in [0, 0.1) is 0 Å². The molecule has 2 fully saturated rings. The molecule has 2 aliphatic heterocycles. The molecule has 2 saturated heterocycles. The molecule has 0 saturated carbocycles. The summed E-state index contributed by atoms with van der Waals surface area (Å²) >= 11 is 6.02. The predicted molar refractivity (Wildman–Crippen MR) is 105 cm³/mol. The summed E-state index contributed by atoms with van der Waals surface area (Å²) in [6.07, 6.45) is 5.83. The minimum Gasteiger partial charge on any atom is -0.349 e. The van der Waals surface area contributed by atoms with E-state index >= 15 is 0 Å². The number of carbonyl (C=O) groups is 1. The van der Waals surface area contributed by atoms with Crippen LogP contribution in [0.25, 0.3) is 0 Å². The van der Waals surface area contributed by atoms with Gasteiger partial charge in [0.25, 0.3) is 5.91 Å². The van der Waals surface area contributed by atoms with E-state index in [4.69, 9.17) is 11.6 Å². The molecule has 0 aliphatic carbocycles. The average Bonchev–Trinajstić information content (AvgIpc) is 2.63. The lowest BCUT2D eigenvalue weighted by molar-refractivity contribution is 0.0177. The van der Waals surface area contributed by atoms with Gasteiger partial charge in [-0.25, -0.2) is 0 Å². The number of hydrogen-bond acceptors (Lipinski definition) is 2. The molecule has 136 valence electrons. The molecule has 0 radical (unpaired) electrons. The van der Waals surface area contributed by atoms with E-state index in [2.05, 4.69) is 40.5 Å². The summed E-state index contributed by atoms with van der Waals surface area (Å²) in [6, 6.07) is 19.3. The van der Waals surface area contributed by atoms with Crippen molar-refractivity contribution in [3.05, 3.63) is 70.7 Å². The third-order valence-corrected chi connectivity index (χ3v) is 5.99. The zero-order valence-electron chi connectivity index (χ0n) is 14.9. The zero-order chi connectivity index (χ0) is 17.9. The number of rotatable bonds is 4. The highest BCUT2D eigenvalue weighted by molar-refractivity contribution is 6.30. The van der Waals surface area contributed by atoms with Gasteiger partial charge in [-0.2, -0.15) is 0 Å². The molecule has 4 rings (SSSR count). The van der Waals surface area contributed by atoms with Crippen molar-refractivity contribution in [1.82, 2.24) is 10.2 Å². The van der Waals surface area contributed by atoms with E-state index < -0.39 is 0 Å². The number of halogens is 1. The van der Waals surface area contributed by atoms with Crippen molar-refractivity contribution >= 4 is 17.5 Å². The first kappa shape index (κ1) is 17.6. The smallest absolute Gasteiger partial charge is 0.251 e. The van der Waals surface area contributed by atoms with Gasteiger partial charge in [0, 0.05) is 35.3 Å². The molecule has 2 bridgehead atoms. The summed E-state index contributed by atoms with van der Waals surface area (Å²) < 4.78 is 0. The van der Waals surface area contributed by atoms with Gasteiger partial charge in [0.05, 0.1) is 0 Å². The number of nitrogens with zero attached hydrogens (tertiary/aromatic N) is 1. The Morgan fingerprint density at radius 2 is 1.77 bits per heavy atom. The van der Waals surface area contributed by atoms with Crippen LogP contribution in [-0.4, -0.2) is 28.9 Å². The lowest BCUT2D eigenvalue weighted by Crippen LogP contribution is -2.56. The van der Waals surface area contributed by atoms with Gasteiger partial charge in [0.1, 0.15) is 0 Å². The Morgan fingerprint density at radius 1 is 1.04 bits per heavy atom. The van der Waals surface area contributed by atoms with Gasteiger partial charge in [-0.15, -0.1) is 0 Å². The third kappa shape index (κ3) is 3.94. The highest BCUT2D eigenvalue weighted by Gasteiger charge is 2.38. The molecule has 2 aliphatic rings. The molecule has 0 aromatic heterocycles. The van der Waals surface area contributed by atoms with Gasteiger partial charge in [0.15, 0.2) is 0 Å². The Morgan fingerprint density at radius 3 is 2.46 bits per heavy atom. The van der Waals surface area contributed by atoms with Crippen LogP contribution in [0.1, 0.15) is 48.0 Å². The fourth-order valence-electron chi connectivity index (χ4n) is 4.55. The fourth-order valence-corrected chi connectivity index (χ4v) is 4.74. The number of benzene rings is 2. The van der Waals surface area contributed by atoms with Gasteiger partial charge in [-0.05, 0) is 49.4 Å². The molecule has 3 nitrogen and oxygen atoms in total. The van der Waals surface area contributed by atoms with Crippen molar-refractivity contribution in [3.8, 4) is 0 Å². The molecule has 0 spiro atoms. The molecule has 2 aromatic rings. The summed E-state index contributed by atoms with van der Waals surface area (Å²) in [6.45, 7) is 1.02. The lowest BCUT2D eigenvalue weighted by atomic mass is 9.81. The van der Waals surface area contributed by atoms with Crippen LogP contribution in [0.4, 0.5) is 0 Å². The maximum absolute atomic E-state index is 12.6. The van der Waals surface area contributed by atoms with E-state index in [0.29, 0.717) is 22.7 Å². The zero-order valence-corrected chi connectivity index (χ0v) is 15.7. The minimum absolute atomic E-state index is 0.00733. The highest BCUT2D eigenvalue weighted by atomic mass is 35.5. The maximum Gasteiger partial charge on any atom is 0.251 e. The van der Waals surface area contributed by atoms with Crippen molar-refractivity contribution in [2.24, 2.45) is 0 Å². The molecule has 26 heavy (non-hydrogen) atoms. The summed E-state index contributed by atoms with van der Waals surface area (Å²) in [4.78, 5) is 15.2. The number of hydrogen-bond donors (Lipinski definition) is 1. The topological polar surface area (TPSA) is 32.3 Å². The Balaban J connectivity index is 1.42. The second kappa shape index (κ2) is 7.81. The number of piperidine rings is 2. The molecule has 2 heterocycles. The molecule has 2 aromatic carbocycles. The lowest BCUT2D eigenvalue weighted by Gasteiger charge is -2.49. The molecular weight excluding hydrogens is 344 g/mol. The minimum atomic E-state index is -0.00733. The van der Waals surface area contributed by atoms with Crippen molar-refractivity contribution in [1.29, 1.82) is 0 Å². The predicted octanol–water partition coefficient (Wildman–Crippen LogP) is 4.66. The van der Waals surface area contributed by atoms with E-state index in [1.54, 1.807) is 12.1 Å². The molecule has 4 heteroatoms. The summed E-state index contributed by atoms with van der Waals surface area (Å²) in [7, 11) is 0. The quantitative estimate of drug-likeness (QED) is 0.851. The van der Waals surface area contributed by atoms with Gasteiger partial charge in [0.2, 0.25) is 0 Å². The maximum atomic E-state index is 12.6. The first-order valence-corrected chi connectivity index (χ1v) is 9.93. The van der Waals surface area contributed by atoms with Crippen molar-refractivity contribution < 1.29 is 4.79 Å². The van der Waals surface area contributed by atoms with Gasteiger partial charge in [-0.3, -0.25) is 9.69 Å². The normalized spacial score (nSPS) is 25.7. The molecule has 2 atom stereocenters. The van der Waals surface area contributed by atoms with Gasteiger partial charge in [-0.1, -0.05) is 54.4 Å². The Labute approximate surface area is 160 Å². The van der Waals surface area contributed by atoms with Crippen LogP contribution in [0.15, 0.2) is 54.6 Å².